The molecule has 1 unspecified atom stereocenters. The predicted octanol–water partition coefficient (Wildman–Crippen LogP) is 3.21. The molecule has 128 valence electrons. The maximum Gasteiger partial charge on any atom is 0.142 e. The van der Waals surface area contributed by atoms with E-state index in [-0.39, 0.29) is 12.2 Å². The van der Waals surface area contributed by atoms with E-state index < -0.39 is 5.60 Å². The van der Waals surface area contributed by atoms with Crippen molar-refractivity contribution >= 4 is 17.3 Å². The number of phenols is 1. The van der Waals surface area contributed by atoms with Crippen molar-refractivity contribution in [2.45, 2.75) is 25.4 Å². The second-order valence-electron chi connectivity index (χ2n) is 5.67. The fourth-order valence-electron chi connectivity index (χ4n) is 2.53. The second-order valence-corrected chi connectivity index (χ2v) is 6.11. The van der Waals surface area contributed by atoms with Gasteiger partial charge in [0.2, 0.25) is 0 Å². The highest BCUT2D eigenvalue weighted by Gasteiger charge is 2.27. The second kappa shape index (κ2) is 7.57. The molecule has 0 amide bonds. The Bertz CT molecular complexity index is 721. The van der Waals surface area contributed by atoms with Gasteiger partial charge < -0.3 is 15.9 Å². The Kier molecular flexibility index (Phi) is 5.72. The van der Waals surface area contributed by atoms with E-state index in [0.29, 0.717) is 22.8 Å². The van der Waals surface area contributed by atoms with Gasteiger partial charge in [-0.15, -0.1) is 0 Å². The number of aromatic hydroxyl groups is 1. The minimum absolute atomic E-state index is 0.0529. The number of halogens is 1. The van der Waals surface area contributed by atoms with Crippen LogP contribution in [0.25, 0.3) is 0 Å². The fourth-order valence-corrected chi connectivity index (χ4v) is 2.69. The molecule has 0 spiro atoms. The van der Waals surface area contributed by atoms with Gasteiger partial charge in [0.1, 0.15) is 5.75 Å². The first kappa shape index (κ1) is 18.1. The molecule has 0 saturated heterocycles. The third kappa shape index (κ3) is 4.20. The molecule has 2 rings (SSSR count). The van der Waals surface area contributed by atoms with Crippen LogP contribution in [0.5, 0.6) is 5.75 Å². The molecule has 0 saturated carbocycles. The number of aliphatic hydroxyl groups is 1. The molecule has 0 radical (unpaired) electrons. The molecule has 5 nitrogen and oxygen atoms in total. The minimum Gasteiger partial charge on any atom is -0.506 e. The van der Waals surface area contributed by atoms with Crippen molar-refractivity contribution in [1.29, 1.82) is 0 Å². The van der Waals surface area contributed by atoms with Crippen molar-refractivity contribution in [3.8, 4) is 5.75 Å². The number of rotatable bonds is 6. The number of nitrogens with zero attached hydrogens (tertiary/aromatic N) is 1. The largest absolute Gasteiger partial charge is 0.506 e. The highest BCUT2D eigenvalue weighted by atomic mass is 35.5. The molecule has 0 aliphatic heterocycles. The van der Waals surface area contributed by atoms with Gasteiger partial charge in [0, 0.05) is 29.4 Å². The van der Waals surface area contributed by atoms with Gasteiger partial charge in [-0.05, 0) is 24.1 Å². The number of phenolic OH excluding ortho intramolecular Hbond substituents is 1. The molecule has 0 aliphatic rings. The number of hydrogen-bond donors (Lipinski definition) is 4. The van der Waals surface area contributed by atoms with Crippen molar-refractivity contribution < 1.29 is 10.2 Å². The lowest BCUT2D eigenvalue weighted by Gasteiger charge is -2.28. The van der Waals surface area contributed by atoms with Crippen molar-refractivity contribution in [2.24, 2.45) is 11.6 Å². The molecule has 24 heavy (non-hydrogen) atoms. The van der Waals surface area contributed by atoms with E-state index in [4.69, 9.17) is 23.2 Å². The maximum atomic E-state index is 10.9. The van der Waals surface area contributed by atoms with E-state index in [1.807, 2.05) is 37.3 Å². The number of benzene rings is 2. The van der Waals surface area contributed by atoms with Gasteiger partial charge in [-0.2, -0.15) is 0 Å². The molecule has 2 aromatic carbocycles. The Morgan fingerprint density at radius 3 is 2.50 bits per heavy atom. The van der Waals surface area contributed by atoms with Gasteiger partial charge in [0.05, 0.1) is 11.3 Å². The van der Waals surface area contributed by atoms with Gasteiger partial charge >= 0.3 is 0 Å². The summed E-state index contributed by atoms with van der Waals surface area (Å²) in [6.45, 7) is 1.89. The number of hydrazine groups is 1. The monoisotopic (exact) mass is 347 g/mol. The summed E-state index contributed by atoms with van der Waals surface area (Å²) in [6, 6.07) is 14.0. The van der Waals surface area contributed by atoms with E-state index in [0.717, 1.165) is 5.56 Å². The molecule has 0 bridgehead atoms. The van der Waals surface area contributed by atoms with Crippen LogP contribution in [-0.4, -0.2) is 10.2 Å². The molecule has 0 aliphatic carbocycles. The third-order valence-electron chi connectivity index (χ3n) is 3.91. The summed E-state index contributed by atoms with van der Waals surface area (Å²) in [5, 5.41) is 22.4. The van der Waals surface area contributed by atoms with Crippen LogP contribution >= 0.6 is 11.6 Å². The zero-order valence-electron chi connectivity index (χ0n) is 13.5. The van der Waals surface area contributed by atoms with E-state index in [1.165, 1.54) is 17.3 Å². The SMILES string of the molecule is CCC(O)(C/C(N)=C/N(N)c1ccc(Cl)cc1O)c1ccccc1. The summed E-state index contributed by atoms with van der Waals surface area (Å²) in [4.78, 5) is 0. The maximum absolute atomic E-state index is 10.9. The quantitative estimate of drug-likeness (QED) is 0.475. The molecule has 1 atom stereocenters. The molecule has 0 heterocycles. The topological polar surface area (TPSA) is 95.7 Å². The van der Waals surface area contributed by atoms with Crippen molar-refractivity contribution in [2.75, 3.05) is 5.01 Å². The van der Waals surface area contributed by atoms with E-state index in [2.05, 4.69) is 0 Å². The first-order valence-corrected chi connectivity index (χ1v) is 8.00. The van der Waals surface area contributed by atoms with Crippen molar-refractivity contribution in [3.63, 3.8) is 0 Å². The highest BCUT2D eigenvalue weighted by Crippen LogP contribution is 2.32. The Balaban J connectivity index is 2.20. The van der Waals surface area contributed by atoms with Crippen LogP contribution in [0.3, 0.4) is 0 Å². The van der Waals surface area contributed by atoms with Crippen LogP contribution in [0.4, 0.5) is 5.69 Å². The summed E-state index contributed by atoms with van der Waals surface area (Å²) in [5.74, 6) is 5.89. The molecule has 6 N–H and O–H groups in total. The zero-order valence-corrected chi connectivity index (χ0v) is 14.2. The van der Waals surface area contributed by atoms with Gasteiger partial charge in [-0.1, -0.05) is 48.9 Å². The Morgan fingerprint density at radius 1 is 1.25 bits per heavy atom. The van der Waals surface area contributed by atoms with Crippen molar-refractivity contribution in [3.05, 3.63) is 71.0 Å². The summed E-state index contributed by atoms with van der Waals surface area (Å²) < 4.78 is 0. The normalized spacial score (nSPS) is 14.2. The average Bonchev–Trinajstić information content (AvgIpc) is 2.55. The Hall–Kier alpha value is -2.21. The molecule has 2 aromatic rings. The lowest BCUT2D eigenvalue weighted by Crippen LogP contribution is -2.30. The van der Waals surface area contributed by atoms with Crippen LogP contribution < -0.4 is 16.6 Å². The fraction of sp³-hybridized carbons (Fsp3) is 0.222. The molecular weight excluding hydrogens is 326 g/mol. The average molecular weight is 348 g/mol. The number of nitrogens with two attached hydrogens (primary N) is 2. The molecular formula is C18H22ClN3O2. The van der Waals surface area contributed by atoms with Gasteiger partial charge in [-0.3, -0.25) is 5.01 Å². The van der Waals surface area contributed by atoms with Crippen LogP contribution in [0.2, 0.25) is 5.02 Å². The van der Waals surface area contributed by atoms with Crippen LogP contribution in [-0.2, 0) is 5.60 Å². The molecule has 0 aromatic heterocycles. The zero-order chi connectivity index (χ0) is 17.7. The summed E-state index contributed by atoms with van der Waals surface area (Å²) in [7, 11) is 0. The van der Waals surface area contributed by atoms with E-state index in [9.17, 15) is 10.2 Å². The van der Waals surface area contributed by atoms with Crippen LogP contribution in [0.15, 0.2) is 60.4 Å². The molecule has 0 fully saturated rings. The van der Waals surface area contributed by atoms with Crippen LogP contribution in [0, 0.1) is 0 Å². The first-order chi connectivity index (χ1) is 11.4. The van der Waals surface area contributed by atoms with E-state index >= 15 is 0 Å². The summed E-state index contributed by atoms with van der Waals surface area (Å²) in [6.07, 6.45) is 2.20. The minimum atomic E-state index is -1.08. The number of anilines is 1. The van der Waals surface area contributed by atoms with Crippen molar-refractivity contribution in [1.82, 2.24) is 0 Å². The lowest BCUT2D eigenvalue weighted by atomic mass is 9.87. The van der Waals surface area contributed by atoms with Gasteiger partial charge in [0.25, 0.3) is 0 Å². The smallest absolute Gasteiger partial charge is 0.142 e. The molecule has 6 heteroatoms. The standard InChI is InChI=1S/C18H22ClN3O2/c1-2-18(24,13-6-4-3-5-7-13)11-15(20)12-22(21)16-9-8-14(19)10-17(16)23/h3-10,12,23-24H,2,11,20-21H2,1H3/b15-12-. The first-order valence-electron chi connectivity index (χ1n) is 7.62. The lowest BCUT2D eigenvalue weighted by molar-refractivity contribution is 0.0324. The highest BCUT2D eigenvalue weighted by molar-refractivity contribution is 6.30. The number of hydrogen-bond acceptors (Lipinski definition) is 5. The summed E-state index contributed by atoms with van der Waals surface area (Å²) in [5.41, 5.74) is 6.53. The summed E-state index contributed by atoms with van der Waals surface area (Å²) >= 11 is 5.81. The van der Waals surface area contributed by atoms with Gasteiger partial charge in [0.15, 0.2) is 0 Å². The van der Waals surface area contributed by atoms with E-state index in [1.54, 1.807) is 12.1 Å². The van der Waals surface area contributed by atoms with Gasteiger partial charge in [-0.25, -0.2) is 5.84 Å². The third-order valence-corrected chi connectivity index (χ3v) is 4.15. The Labute approximate surface area is 146 Å². The predicted molar refractivity (Wildman–Crippen MR) is 97.3 cm³/mol. The van der Waals surface area contributed by atoms with Crippen LogP contribution in [0.1, 0.15) is 25.3 Å². The Morgan fingerprint density at radius 2 is 1.92 bits per heavy atom.